The van der Waals surface area contributed by atoms with Crippen LogP contribution >= 0.6 is 0 Å². The van der Waals surface area contributed by atoms with Gasteiger partial charge in [-0.15, -0.1) is 0 Å². The van der Waals surface area contributed by atoms with Crippen molar-refractivity contribution in [2.24, 2.45) is 0 Å². The second-order valence-electron chi connectivity index (χ2n) is 0.733. The van der Waals surface area contributed by atoms with Crippen molar-refractivity contribution in [1.29, 1.82) is 0 Å². The Kier molecular flexibility index (Phi) is 4.66. The van der Waals surface area contributed by atoms with Gasteiger partial charge in [-0.05, 0) is 0 Å². The molecule has 0 spiro atoms. The van der Waals surface area contributed by atoms with Crippen LogP contribution < -0.4 is 0 Å². The predicted octanol–water partition coefficient (Wildman–Crippen LogP) is -1.68. The average Bonchev–Trinajstić information content (AvgIpc) is 0.722. The molecular formula is CH7O3SSb. The summed E-state index contributed by atoms with van der Waals surface area (Å²) < 4.78 is 25.9. The van der Waals surface area contributed by atoms with E-state index in [1.54, 1.807) is 0 Å². The molecule has 1 N–H and O–H groups in total. The number of rotatable bonds is 0. The first-order valence-corrected chi connectivity index (χ1v) is 2.77. The molecule has 0 atom stereocenters. The van der Waals surface area contributed by atoms with E-state index in [1.807, 2.05) is 0 Å². The first kappa shape index (κ1) is 9.88. The van der Waals surface area contributed by atoms with Crippen LogP contribution in [0.5, 0.6) is 0 Å². The van der Waals surface area contributed by atoms with Crippen molar-refractivity contribution in [2.45, 2.75) is 0 Å². The van der Waals surface area contributed by atoms with E-state index >= 15 is 0 Å². The second-order valence-corrected chi connectivity index (χ2v) is 2.20. The summed E-state index contributed by atoms with van der Waals surface area (Å²) in [6, 6.07) is 0. The van der Waals surface area contributed by atoms with Crippen molar-refractivity contribution in [3.63, 3.8) is 0 Å². The van der Waals surface area contributed by atoms with E-state index in [0.717, 1.165) is 0 Å². The molecule has 0 saturated heterocycles. The fraction of sp³-hybridized carbons (Fsp3) is 1.00. The van der Waals surface area contributed by atoms with Gasteiger partial charge in [-0.3, -0.25) is 4.55 Å². The molecule has 3 nitrogen and oxygen atoms in total. The van der Waals surface area contributed by atoms with E-state index < -0.39 is 10.1 Å². The van der Waals surface area contributed by atoms with Crippen molar-refractivity contribution < 1.29 is 13.0 Å². The van der Waals surface area contributed by atoms with Gasteiger partial charge in [0.2, 0.25) is 0 Å². The van der Waals surface area contributed by atoms with Crippen LogP contribution in [0, 0.1) is 0 Å². The van der Waals surface area contributed by atoms with Gasteiger partial charge in [0.15, 0.2) is 0 Å². The van der Waals surface area contributed by atoms with Gasteiger partial charge in [0.1, 0.15) is 0 Å². The zero-order valence-electron chi connectivity index (χ0n) is 3.38. The van der Waals surface area contributed by atoms with Gasteiger partial charge in [-0.25, -0.2) is 0 Å². The Morgan fingerprint density at radius 1 is 1.50 bits per heavy atom. The third kappa shape index (κ3) is 124. The maximum absolute atomic E-state index is 9.19. The SMILES string of the molecule is CS(=O)(=O)O.[SbH3]. The van der Waals surface area contributed by atoms with Crippen molar-refractivity contribution in [2.75, 3.05) is 6.26 Å². The Balaban J connectivity index is 0. The predicted molar refractivity (Wildman–Crippen MR) is 27.4 cm³/mol. The molecule has 0 aromatic heterocycles. The Labute approximate surface area is 53.9 Å². The molecule has 0 rings (SSSR count). The van der Waals surface area contributed by atoms with E-state index in [-0.39, 0.29) is 24.4 Å². The van der Waals surface area contributed by atoms with Crippen molar-refractivity contribution >= 4 is 34.5 Å². The van der Waals surface area contributed by atoms with Crippen LogP contribution in [0.3, 0.4) is 0 Å². The molecule has 0 heterocycles. The summed E-state index contributed by atoms with van der Waals surface area (Å²) in [6.07, 6.45) is 0.715. The van der Waals surface area contributed by atoms with Gasteiger partial charge in [0.05, 0.1) is 6.26 Å². The Bertz CT molecular complexity index is 94.0. The van der Waals surface area contributed by atoms with Gasteiger partial charge < -0.3 is 0 Å². The summed E-state index contributed by atoms with van der Waals surface area (Å²) in [5.41, 5.74) is 0. The van der Waals surface area contributed by atoms with Crippen LogP contribution in [0.4, 0.5) is 0 Å². The summed E-state index contributed by atoms with van der Waals surface area (Å²) in [5, 5.41) is 0. The summed E-state index contributed by atoms with van der Waals surface area (Å²) >= 11 is 0. The van der Waals surface area contributed by atoms with E-state index in [0.29, 0.717) is 6.26 Å². The first-order valence-electron chi connectivity index (χ1n) is 0.924. The molecule has 0 radical (unpaired) electrons. The molecule has 0 bridgehead atoms. The van der Waals surface area contributed by atoms with E-state index in [4.69, 9.17) is 4.55 Å². The van der Waals surface area contributed by atoms with E-state index in [9.17, 15) is 8.42 Å². The van der Waals surface area contributed by atoms with Gasteiger partial charge >= 0.3 is 24.4 Å². The summed E-state index contributed by atoms with van der Waals surface area (Å²) in [4.78, 5) is 0. The molecule has 5 heteroatoms. The molecule has 0 aliphatic carbocycles. The topological polar surface area (TPSA) is 54.4 Å². The third-order valence-electron chi connectivity index (χ3n) is 0. The molecule has 0 aliphatic rings. The zero-order valence-corrected chi connectivity index (χ0v) is 8.23. The number of hydrogen-bond donors (Lipinski definition) is 1. The molecule has 40 valence electrons. The van der Waals surface area contributed by atoms with Crippen molar-refractivity contribution in [3.8, 4) is 0 Å². The fourth-order valence-electron chi connectivity index (χ4n) is 0. The Morgan fingerprint density at radius 3 is 1.50 bits per heavy atom. The monoisotopic (exact) mass is 220 g/mol. The van der Waals surface area contributed by atoms with E-state index in [1.165, 1.54) is 0 Å². The molecule has 0 aromatic rings. The Morgan fingerprint density at radius 2 is 1.50 bits per heavy atom. The first-order chi connectivity index (χ1) is 2.00. The summed E-state index contributed by atoms with van der Waals surface area (Å²) in [6.45, 7) is 0. The normalized spacial score (nSPS) is 9.67. The minimum atomic E-state index is -3.67. The summed E-state index contributed by atoms with van der Waals surface area (Å²) in [7, 11) is -3.67. The molecular weight excluding hydrogens is 214 g/mol. The van der Waals surface area contributed by atoms with E-state index in [2.05, 4.69) is 0 Å². The van der Waals surface area contributed by atoms with Crippen LogP contribution in [0.2, 0.25) is 0 Å². The molecule has 0 saturated carbocycles. The third-order valence-corrected chi connectivity index (χ3v) is 0. The van der Waals surface area contributed by atoms with Gasteiger partial charge in [-0.1, -0.05) is 0 Å². The Hall–Kier alpha value is 0.728. The number of hydrogen-bond acceptors (Lipinski definition) is 2. The van der Waals surface area contributed by atoms with Crippen LogP contribution in [-0.2, 0) is 10.1 Å². The summed E-state index contributed by atoms with van der Waals surface area (Å²) in [5.74, 6) is 0. The van der Waals surface area contributed by atoms with Crippen molar-refractivity contribution in [3.05, 3.63) is 0 Å². The average molecular weight is 221 g/mol. The van der Waals surface area contributed by atoms with Crippen LogP contribution in [0.25, 0.3) is 0 Å². The molecule has 0 unspecified atom stereocenters. The molecule has 6 heavy (non-hydrogen) atoms. The fourth-order valence-corrected chi connectivity index (χ4v) is 0. The van der Waals surface area contributed by atoms with Crippen LogP contribution in [0.1, 0.15) is 0 Å². The van der Waals surface area contributed by atoms with Crippen molar-refractivity contribution in [1.82, 2.24) is 0 Å². The molecule has 0 aliphatic heterocycles. The van der Waals surface area contributed by atoms with Gasteiger partial charge in [0, 0.05) is 0 Å². The molecule has 0 aromatic carbocycles. The standard InChI is InChI=1S/CH4O3S.Sb.3H/c1-5(2,3)4;;;;/h1H3,(H,2,3,4);;;;. The quantitative estimate of drug-likeness (QED) is 0.392. The zero-order chi connectivity index (χ0) is 4.50. The molecule has 0 amide bonds. The maximum atomic E-state index is 9.19. The van der Waals surface area contributed by atoms with Gasteiger partial charge in [0.25, 0.3) is 10.1 Å². The second kappa shape index (κ2) is 2.83. The molecule has 0 fully saturated rings. The van der Waals surface area contributed by atoms with Crippen LogP contribution in [-0.4, -0.2) is 43.7 Å². The van der Waals surface area contributed by atoms with Gasteiger partial charge in [-0.2, -0.15) is 8.42 Å². The minimum absolute atomic E-state index is 0. The van der Waals surface area contributed by atoms with Crippen LogP contribution in [0.15, 0.2) is 0 Å².